The third kappa shape index (κ3) is 5.02. The molecule has 1 fully saturated rings. The summed E-state index contributed by atoms with van der Waals surface area (Å²) >= 11 is 0. The Labute approximate surface area is 217 Å². The lowest BCUT2D eigenvalue weighted by Crippen LogP contribution is -2.37. The van der Waals surface area contributed by atoms with Crippen molar-refractivity contribution in [3.05, 3.63) is 65.2 Å². The number of rotatable bonds is 7. The molecule has 1 aromatic heterocycles. The van der Waals surface area contributed by atoms with Crippen LogP contribution in [0.25, 0.3) is 0 Å². The van der Waals surface area contributed by atoms with Gasteiger partial charge in [0.25, 0.3) is 11.8 Å². The van der Waals surface area contributed by atoms with Gasteiger partial charge in [-0.15, -0.1) is 0 Å². The van der Waals surface area contributed by atoms with Crippen molar-refractivity contribution in [3.63, 3.8) is 0 Å². The molecule has 2 aliphatic rings. The standard InChI is InChI=1S/C26H26F2N6O4/c1-33-8-7-31-24(33)16-3-2-4-17(13-16)37-25-20(27)22(34-9-11-36-12-10-34)21(28)26(32-25)38-19-14-15(23(29)30)5-6-18(19)35/h2-6,13-14,35H,7-12H2,1H3,(H3,29,30)/i1+1,7+1,23+1,29+1,30+1,31+1,33+1. The highest BCUT2D eigenvalue weighted by molar-refractivity contribution is 6.00. The zero-order chi connectivity index (χ0) is 26.8. The Hall–Kier alpha value is -4.45. The van der Waals surface area contributed by atoms with Crippen molar-refractivity contribution in [1.82, 2.24) is 9.88 Å². The maximum atomic E-state index is 15.7. The molecule has 3 heterocycles. The molecule has 0 saturated carbocycles. The van der Waals surface area contributed by atoms with Crippen LogP contribution in [0.5, 0.6) is 29.0 Å². The van der Waals surface area contributed by atoms with Crippen LogP contribution < -0.4 is 20.1 Å². The maximum absolute atomic E-state index is 15.7. The summed E-state index contributed by atoms with van der Waals surface area (Å²) in [5, 5.41) is 17.9. The summed E-state index contributed by atoms with van der Waals surface area (Å²) in [5.74, 6) is -2.98. The molecule has 38 heavy (non-hydrogen) atoms. The van der Waals surface area contributed by atoms with E-state index < -0.39 is 23.4 Å². The molecule has 4 N–H and O–H groups in total. The summed E-state index contributed by atoms with van der Waals surface area (Å²) in [5.41, 5.74) is 6.16. The molecule has 0 aliphatic carbocycles. The van der Waals surface area contributed by atoms with Crippen LogP contribution in [0.3, 0.4) is 0 Å². The number of phenols is 1. The smallest absolute Gasteiger partial charge is 0.261 e. The number of benzene rings is 2. The van der Waals surface area contributed by atoms with Gasteiger partial charge in [0.05, 0.1) is 19.8 Å². The van der Waals surface area contributed by atoms with E-state index in [1.807, 2.05) is 18.0 Å². The maximum Gasteiger partial charge on any atom is 0.261 e. The number of anilines is 1. The highest BCUT2D eigenvalue weighted by Crippen LogP contribution is 2.40. The summed E-state index contributed by atoms with van der Waals surface area (Å²) in [6, 6.07) is 10.8. The van der Waals surface area contributed by atoms with E-state index in [1.165, 1.54) is 23.1 Å². The number of phenolic OH excluding ortho intramolecular Hbond substituents is 1. The van der Waals surface area contributed by atoms with Gasteiger partial charge in [0.2, 0.25) is 11.6 Å². The number of aromatic nitrogens is 1. The molecule has 0 amide bonds. The molecule has 10 nitrogen and oxygen atoms in total. The van der Waals surface area contributed by atoms with Gasteiger partial charge in [0.1, 0.15) is 23.1 Å². The minimum atomic E-state index is -1.07. The Kier molecular flexibility index (Phi) is 6.97. The number of nitrogens with zero attached hydrogens (tertiary/aromatic N) is 4. The highest BCUT2D eigenvalue weighted by atomic mass is 19.1. The lowest BCUT2D eigenvalue weighted by atomic mass is 10.2. The first kappa shape index (κ1) is 25.2. The van der Waals surface area contributed by atoms with Gasteiger partial charge in [0.15, 0.2) is 11.5 Å². The topological polar surface area (TPSA) is 130 Å². The molecular weight excluding hydrogens is 505 g/mol. The highest BCUT2D eigenvalue weighted by Gasteiger charge is 2.29. The van der Waals surface area contributed by atoms with E-state index in [0.29, 0.717) is 6.54 Å². The Morgan fingerprint density at radius 2 is 1.79 bits per heavy atom. The number of halogens is 2. The summed E-state index contributed by atoms with van der Waals surface area (Å²) in [6.45, 7) is 2.51. The summed E-state index contributed by atoms with van der Waals surface area (Å²) in [6.07, 6.45) is 0. The van der Waals surface area contributed by atoms with Crippen molar-refractivity contribution in [1.29, 1.82) is 5.41 Å². The third-order valence-corrected chi connectivity index (χ3v) is 6.16. The molecule has 3 aromatic rings. The van der Waals surface area contributed by atoms with Crippen LogP contribution in [-0.2, 0) is 4.74 Å². The number of nitrogens with one attached hydrogen (secondary N) is 1. The van der Waals surface area contributed by atoms with Crippen molar-refractivity contribution >= 4 is 17.4 Å². The Morgan fingerprint density at radius 3 is 2.47 bits per heavy atom. The van der Waals surface area contributed by atoms with Gasteiger partial charge in [-0.1, -0.05) is 12.1 Å². The number of hydrogen-bond acceptors (Lipinski definition) is 9. The predicted octanol–water partition coefficient (Wildman–Crippen LogP) is 3.46. The SMILES string of the molecule is [13CH3][15N]1C[13CH2][15N]=C1c1cccc(Oc2nc(Oc3cc([13C](=[15NH])[15NH2])ccc3O)c(F)c(N3CCOCC3)c2F)c1. The number of aromatic hydroxyl groups is 1. The number of nitrogen functional groups attached to an aromatic ring is 1. The summed E-state index contributed by atoms with van der Waals surface area (Å²) in [4.78, 5) is 12.0. The van der Waals surface area contributed by atoms with E-state index in [0.717, 1.165) is 17.9 Å². The molecule has 198 valence electrons. The van der Waals surface area contributed by atoms with Crippen molar-refractivity contribution in [2.75, 3.05) is 51.3 Å². The molecule has 2 aromatic carbocycles. The van der Waals surface area contributed by atoms with Crippen molar-refractivity contribution in [2.24, 2.45) is 10.7 Å². The van der Waals surface area contributed by atoms with Crippen LogP contribution in [0.1, 0.15) is 11.1 Å². The van der Waals surface area contributed by atoms with E-state index in [2.05, 4.69) is 9.98 Å². The molecule has 5 rings (SSSR count). The second-order valence-corrected chi connectivity index (χ2v) is 8.75. The van der Waals surface area contributed by atoms with Crippen LogP contribution in [-0.4, -0.2) is 73.1 Å². The average molecular weight is 531 g/mol. The quantitative estimate of drug-likeness (QED) is 0.183. The Bertz CT molecular complexity index is 1410. The van der Waals surface area contributed by atoms with E-state index in [9.17, 15) is 5.11 Å². The van der Waals surface area contributed by atoms with Crippen LogP contribution in [0.15, 0.2) is 47.5 Å². The Morgan fingerprint density at radius 1 is 1.05 bits per heavy atom. The second-order valence-electron chi connectivity index (χ2n) is 8.75. The third-order valence-electron chi connectivity index (χ3n) is 6.16. The van der Waals surface area contributed by atoms with E-state index in [1.54, 1.807) is 18.2 Å². The van der Waals surface area contributed by atoms with Gasteiger partial charge in [0, 0.05) is 37.8 Å². The first-order valence-electron chi connectivity index (χ1n) is 11.9. The number of nitrogens with two attached hydrogens (primary N) is 1. The summed E-state index contributed by atoms with van der Waals surface area (Å²) in [7, 11) is 1.93. The number of amidine groups is 2. The molecule has 0 spiro atoms. The minimum absolute atomic E-state index is 0.209. The van der Waals surface area contributed by atoms with Gasteiger partial charge in [-0.25, -0.2) is 0 Å². The number of pyridine rings is 1. The number of hydrogen-bond donors (Lipinski definition) is 3. The predicted molar refractivity (Wildman–Crippen MR) is 137 cm³/mol. The summed E-state index contributed by atoms with van der Waals surface area (Å²) < 4.78 is 48.2. The molecular formula is C26H26F2N6O4. The fourth-order valence-corrected chi connectivity index (χ4v) is 4.21. The molecule has 0 atom stereocenters. The molecule has 0 bridgehead atoms. The first-order chi connectivity index (χ1) is 18.3. The number of ether oxygens (including phenoxy) is 3. The zero-order valence-corrected chi connectivity index (χ0v) is 20.6. The first-order valence-corrected chi connectivity index (χ1v) is 11.9. The van der Waals surface area contributed by atoms with Gasteiger partial charge in [-0.05, 0) is 30.3 Å². The van der Waals surface area contributed by atoms with Gasteiger partial charge < -0.3 is 34.9 Å². The number of morpholine rings is 1. The van der Waals surface area contributed by atoms with Crippen molar-refractivity contribution < 1.29 is 28.1 Å². The van der Waals surface area contributed by atoms with Crippen LogP contribution in [0.2, 0.25) is 0 Å². The molecule has 1 saturated heterocycles. The van der Waals surface area contributed by atoms with E-state index >= 15 is 8.78 Å². The normalized spacial score (nSPS) is 15.4. The molecule has 0 unspecified atom stereocenters. The van der Waals surface area contributed by atoms with Crippen molar-refractivity contribution in [3.8, 4) is 29.0 Å². The van der Waals surface area contributed by atoms with Crippen LogP contribution in [0, 0.1) is 17.0 Å². The average Bonchev–Trinajstić information content (AvgIpc) is 3.34. The van der Waals surface area contributed by atoms with Crippen molar-refractivity contribution in [2.45, 2.75) is 0 Å². The number of aliphatic imine (C=N–C) groups is 1. The molecule has 2 aliphatic heterocycles. The molecule has 0 radical (unpaired) electrons. The second kappa shape index (κ2) is 10.5. The van der Waals surface area contributed by atoms with Gasteiger partial charge in [-0.2, -0.15) is 13.8 Å². The Balaban J connectivity index is 1.56. The lowest BCUT2D eigenvalue weighted by molar-refractivity contribution is 0.122. The van der Waals surface area contributed by atoms with Crippen LogP contribution in [0.4, 0.5) is 14.5 Å². The van der Waals surface area contributed by atoms with Crippen LogP contribution >= 0.6 is 0 Å². The fraction of sp³-hybridized carbons (Fsp3) is 0.269. The van der Waals surface area contributed by atoms with Gasteiger partial charge >= 0.3 is 0 Å². The fourth-order valence-electron chi connectivity index (χ4n) is 4.21. The zero-order valence-electron chi connectivity index (χ0n) is 20.6. The van der Waals surface area contributed by atoms with E-state index in [4.69, 9.17) is 25.4 Å². The minimum Gasteiger partial charge on any atom is -0.504 e. The largest absolute Gasteiger partial charge is 0.504 e. The number of likely N-dealkylation sites (N-methyl/N-ethyl adjacent to an activating group) is 1. The van der Waals surface area contributed by atoms with Gasteiger partial charge in [-0.3, -0.25) is 10.4 Å². The lowest BCUT2D eigenvalue weighted by Gasteiger charge is -2.30. The molecule has 12 heteroatoms. The monoisotopic (exact) mass is 531 g/mol. The van der Waals surface area contributed by atoms with E-state index in [-0.39, 0.29) is 60.6 Å².